The van der Waals surface area contributed by atoms with Gasteiger partial charge in [0.05, 0.1) is 0 Å². The summed E-state index contributed by atoms with van der Waals surface area (Å²) in [5.41, 5.74) is 7.97. The molecular formula is C15H24N2. The molecule has 0 spiro atoms. The summed E-state index contributed by atoms with van der Waals surface area (Å²) in [5.74, 6) is 0.956. The highest BCUT2D eigenvalue weighted by Crippen LogP contribution is 2.32. The Morgan fingerprint density at radius 2 is 1.94 bits per heavy atom. The molecule has 2 heteroatoms. The van der Waals surface area contributed by atoms with Crippen LogP contribution in [0.5, 0.6) is 0 Å². The van der Waals surface area contributed by atoms with Crippen LogP contribution in [0.2, 0.25) is 0 Å². The van der Waals surface area contributed by atoms with Gasteiger partial charge in [0, 0.05) is 18.3 Å². The second-order valence-corrected chi connectivity index (χ2v) is 5.28. The van der Waals surface area contributed by atoms with E-state index < -0.39 is 0 Å². The SMILES string of the molecule is CCCN(CC1CC1)C(C)c1ccc(N)cc1. The maximum atomic E-state index is 5.74. The van der Waals surface area contributed by atoms with E-state index in [2.05, 4.69) is 30.9 Å². The smallest absolute Gasteiger partial charge is 0.0320 e. The van der Waals surface area contributed by atoms with Gasteiger partial charge in [-0.3, -0.25) is 4.90 Å². The van der Waals surface area contributed by atoms with Crippen molar-refractivity contribution in [3.8, 4) is 0 Å². The molecule has 2 rings (SSSR count). The summed E-state index contributed by atoms with van der Waals surface area (Å²) in [5, 5.41) is 0. The minimum Gasteiger partial charge on any atom is -0.399 e. The van der Waals surface area contributed by atoms with Crippen molar-refractivity contribution in [2.24, 2.45) is 5.92 Å². The van der Waals surface area contributed by atoms with Gasteiger partial charge >= 0.3 is 0 Å². The predicted octanol–water partition coefficient (Wildman–Crippen LogP) is 3.45. The van der Waals surface area contributed by atoms with E-state index in [-0.39, 0.29) is 0 Å². The molecule has 0 heterocycles. The summed E-state index contributed by atoms with van der Waals surface area (Å²) in [7, 11) is 0. The Bertz CT molecular complexity index is 340. The molecule has 0 aliphatic heterocycles. The molecule has 0 radical (unpaired) electrons. The van der Waals surface area contributed by atoms with Crippen molar-refractivity contribution in [1.29, 1.82) is 0 Å². The average molecular weight is 232 g/mol. The van der Waals surface area contributed by atoms with Gasteiger partial charge in [-0.15, -0.1) is 0 Å². The molecule has 0 saturated heterocycles. The Balaban J connectivity index is 2.02. The van der Waals surface area contributed by atoms with Gasteiger partial charge in [0.2, 0.25) is 0 Å². The van der Waals surface area contributed by atoms with Crippen molar-refractivity contribution in [1.82, 2.24) is 4.90 Å². The van der Waals surface area contributed by atoms with Crippen molar-refractivity contribution in [3.63, 3.8) is 0 Å². The van der Waals surface area contributed by atoms with Crippen LogP contribution in [0.3, 0.4) is 0 Å². The highest BCUT2D eigenvalue weighted by Gasteiger charge is 2.26. The Hall–Kier alpha value is -1.02. The summed E-state index contributed by atoms with van der Waals surface area (Å²) in [6, 6.07) is 8.85. The number of nitrogen functional groups attached to an aromatic ring is 1. The lowest BCUT2D eigenvalue weighted by Crippen LogP contribution is -2.30. The lowest BCUT2D eigenvalue weighted by molar-refractivity contribution is 0.202. The molecule has 17 heavy (non-hydrogen) atoms. The van der Waals surface area contributed by atoms with Gasteiger partial charge in [0.1, 0.15) is 0 Å². The highest BCUT2D eigenvalue weighted by molar-refractivity contribution is 5.40. The zero-order chi connectivity index (χ0) is 12.3. The zero-order valence-corrected chi connectivity index (χ0v) is 11.0. The minimum absolute atomic E-state index is 0.510. The van der Waals surface area contributed by atoms with Crippen LogP contribution in [0.1, 0.15) is 44.7 Å². The molecule has 0 amide bonds. The Morgan fingerprint density at radius 1 is 1.29 bits per heavy atom. The number of nitrogens with zero attached hydrogens (tertiary/aromatic N) is 1. The Labute approximate surface area is 105 Å². The van der Waals surface area contributed by atoms with Crippen LogP contribution in [0, 0.1) is 5.92 Å². The maximum absolute atomic E-state index is 5.74. The van der Waals surface area contributed by atoms with E-state index in [4.69, 9.17) is 5.73 Å². The third-order valence-corrected chi connectivity index (χ3v) is 3.67. The predicted molar refractivity (Wildman–Crippen MR) is 73.9 cm³/mol. The third-order valence-electron chi connectivity index (χ3n) is 3.67. The molecule has 1 aromatic rings. The zero-order valence-electron chi connectivity index (χ0n) is 11.0. The summed E-state index contributed by atoms with van der Waals surface area (Å²) in [6.45, 7) is 7.03. The van der Waals surface area contributed by atoms with E-state index in [0.717, 1.165) is 11.6 Å². The average Bonchev–Trinajstić information content (AvgIpc) is 3.13. The quantitative estimate of drug-likeness (QED) is 0.761. The van der Waals surface area contributed by atoms with Crippen LogP contribution in [-0.2, 0) is 0 Å². The molecule has 1 saturated carbocycles. The fourth-order valence-electron chi connectivity index (χ4n) is 2.35. The van der Waals surface area contributed by atoms with Crippen LogP contribution in [0.4, 0.5) is 5.69 Å². The molecule has 94 valence electrons. The van der Waals surface area contributed by atoms with Crippen molar-refractivity contribution in [3.05, 3.63) is 29.8 Å². The second-order valence-electron chi connectivity index (χ2n) is 5.28. The summed E-state index contributed by atoms with van der Waals surface area (Å²) < 4.78 is 0. The van der Waals surface area contributed by atoms with Crippen LogP contribution < -0.4 is 5.73 Å². The Kier molecular flexibility index (Phi) is 4.06. The van der Waals surface area contributed by atoms with Crippen LogP contribution >= 0.6 is 0 Å². The van der Waals surface area contributed by atoms with Crippen molar-refractivity contribution < 1.29 is 0 Å². The number of benzene rings is 1. The van der Waals surface area contributed by atoms with Gasteiger partial charge < -0.3 is 5.73 Å². The fourth-order valence-corrected chi connectivity index (χ4v) is 2.35. The number of anilines is 1. The van der Waals surface area contributed by atoms with E-state index in [0.29, 0.717) is 6.04 Å². The molecule has 2 N–H and O–H groups in total. The highest BCUT2D eigenvalue weighted by atomic mass is 15.2. The number of nitrogens with two attached hydrogens (primary N) is 1. The molecule has 1 aromatic carbocycles. The normalized spacial score (nSPS) is 17.4. The van der Waals surface area contributed by atoms with Crippen molar-refractivity contribution in [2.75, 3.05) is 18.8 Å². The molecule has 0 aromatic heterocycles. The molecule has 1 aliphatic rings. The summed E-state index contributed by atoms with van der Waals surface area (Å²) >= 11 is 0. The minimum atomic E-state index is 0.510. The topological polar surface area (TPSA) is 29.3 Å². The van der Waals surface area contributed by atoms with Crippen LogP contribution in [-0.4, -0.2) is 18.0 Å². The van der Waals surface area contributed by atoms with E-state index >= 15 is 0 Å². The largest absolute Gasteiger partial charge is 0.399 e. The van der Waals surface area contributed by atoms with E-state index in [9.17, 15) is 0 Å². The van der Waals surface area contributed by atoms with E-state index in [1.807, 2.05) is 12.1 Å². The molecule has 1 aliphatic carbocycles. The number of rotatable bonds is 6. The first-order valence-corrected chi connectivity index (χ1v) is 6.80. The third kappa shape index (κ3) is 3.47. The lowest BCUT2D eigenvalue weighted by Gasteiger charge is -2.29. The fraction of sp³-hybridized carbons (Fsp3) is 0.600. The van der Waals surface area contributed by atoms with E-state index in [1.165, 1.54) is 37.9 Å². The van der Waals surface area contributed by atoms with Gasteiger partial charge in [-0.2, -0.15) is 0 Å². The summed E-state index contributed by atoms with van der Waals surface area (Å²) in [4.78, 5) is 2.61. The molecule has 2 nitrogen and oxygen atoms in total. The number of hydrogen-bond donors (Lipinski definition) is 1. The molecule has 1 fully saturated rings. The Morgan fingerprint density at radius 3 is 2.47 bits per heavy atom. The van der Waals surface area contributed by atoms with Gasteiger partial charge in [0.25, 0.3) is 0 Å². The van der Waals surface area contributed by atoms with Gasteiger partial charge in [-0.25, -0.2) is 0 Å². The van der Waals surface area contributed by atoms with E-state index in [1.54, 1.807) is 0 Å². The standard InChI is InChI=1S/C15H24N2/c1-3-10-17(11-13-4-5-13)12(2)14-6-8-15(16)9-7-14/h6-9,12-13H,3-5,10-11,16H2,1-2H3. The van der Waals surface area contributed by atoms with Gasteiger partial charge in [-0.1, -0.05) is 19.1 Å². The first kappa shape index (κ1) is 12.4. The molecule has 0 bridgehead atoms. The molecular weight excluding hydrogens is 208 g/mol. The lowest BCUT2D eigenvalue weighted by atomic mass is 10.1. The first-order valence-electron chi connectivity index (χ1n) is 6.80. The van der Waals surface area contributed by atoms with Crippen molar-refractivity contribution in [2.45, 2.75) is 39.2 Å². The molecule has 1 atom stereocenters. The monoisotopic (exact) mass is 232 g/mol. The van der Waals surface area contributed by atoms with Crippen LogP contribution in [0.25, 0.3) is 0 Å². The summed E-state index contributed by atoms with van der Waals surface area (Å²) in [6.07, 6.45) is 4.08. The number of hydrogen-bond acceptors (Lipinski definition) is 2. The maximum Gasteiger partial charge on any atom is 0.0320 e. The molecule has 1 unspecified atom stereocenters. The first-order chi connectivity index (χ1) is 8.20. The van der Waals surface area contributed by atoms with Crippen LogP contribution in [0.15, 0.2) is 24.3 Å². The second kappa shape index (κ2) is 5.54. The van der Waals surface area contributed by atoms with Gasteiger partial charge in [-0.05, 0) is 56.3 Å². The van der Waals surface area contributed by atoms with Crippen molar-refractivity contribution >= 4 is 5.69 Å². The van der Waals surface area contributed by atoms with Gasteiger partial charge in [0.15, 0.2) is 0 Å².